The highest BCUT2D eigenvalue weighted by Gasteiger charge is 2.53. The van der Waals surface area contributed by atoms with E-state index in [0.29, 0.717) is 0 Å². The number of nitrogens with zero attached hydrogens (tertiary/aromatic N) is 2. The highest BCUT2D eigenvalue weighted by atomic mass is 16.3. The van der Waals surface area contributed by atoms with Crippen LogP contribution in [0.3, 0.4) is 0 Å². The summed E-state index contributed by atoms with van der Waals surface area (Å²) < 4.78 is 13.0. The molecule has 17 rings (SSSR count). The van der Waals surface area contributed by atoms with E-state index < -0.39 is 5.41 Å². The minimum atomic E-state index is -0.639. The molecule has 0 saturated heterocycles. The van der Waals surface area contributed by atoms with Gasteiger partial charge in [0.2, 0.25) is 0 Å². The van der Waals surface area contributed by atoms with E-state index in [-0.39, 0.29) is 0 Å². The zero-order valence-electron chi connectivity index (χ0n) is 41.6. The van der Waals surface area contributed by atoms with Crippen LogP contribution in [0.4, 0.5) is 34.1 Å². The summed E-state index contributed by atoms with van der Waals surface area (Å²) in [5.41, 5.74) is 19.7. The quantitative estimate of drug-likeness (QED) is 0.166. The Bertz CT molecular complexity index is 4710. The molecule has 0 radical (unpaired) electrons. The Hall–Kier alpha value is -10.2. The van der Waals surface area contributed by atoms with Crippen LogP contribution in [-0.4, -0.2) is 0 Å². The van der Waals surface area contributed by atoms with E-state index in [4.69, 9.17) is 8.83 Å². The van der Waals surface area contributed by atoms with Crippen molar-refractivity contribution in [2.75, 3.05) is 9.80 Å². The minimum absolute atomic E-state index is 0.639. The molecule has 2 heterocycles. The maximum Gasteiger partial charge on any atom is 0.137 e. The lowest BCUT2D eigenvalue weighted by Crippen LogP contribution is -2.26. The molecule has 0 fully saturated rings. The maximum absolute atomic E-state index is 6.48. The third-order valence-electron chi connectivity index (χ3n) is 16.8. The normalized spacial score (nSPS) is 13.0. The average molecular weight is 981 g/mol. The van der Waals surface area contributed by atoms with E-state index in [1.54, 1.807) is 0 Å². The van der Waals surface area contributed by atoms with Crippen LogP contribution in [0, 0.1) is 0 Å². The Morgan fingerprint density at radius 3 is 1.23 bits per heavy atom. The van der Waals surface area contributed by atoms with Crippen molar-refractivity contribution in [2.24, 2.45) is 0 Å². The van der Waals surface area contributed by atoms with Gasteiger partial charge in [0.1, 0.15) is 22.3 Å². The smallest absolute Gasteiger partial charge is 0.137 e. The molecule has 0 saturated carbocycles. The number of benzene rings is 13. The van der Waals surface area contributed by atoms with Gasteiger partial charge in [0.05, 0.1) is 5.41 Å². The standard InChI is InChI=1S/C73H44N2O2/c1-3-16-48(17-4-1)74(52-32-38-59-57-21-10-13-25-66(57)76-68(59)43-52)50-30-36-55-46(41-50)27-34-61-62-35-28-47-42-51(75(49-18-5-2-6-19-49)53-33-39-60-58-22-11-14-26-67(58)77-69(60)44-53)31-37-56(47)72(62)73(71(55)61)64-24-12-9-23-63(64)70-54-20-8-7-15-45(54)29-40-65(70)73/h1-44H. The Kier molecular flexibility index (Phi) is 8.73. The monoisotopic (exact) mass is 980 g/mol. The van der Waals surface area contributed by atoms with E-state index >= 15 is 0 Å². The van der Waals surface area contributed by atoms with Crippen LogP contribution in [-0.2, 0) is 5.41 Å². The van der Waals surface area contributed by atoms with Gasteiger partial charge in [-0.2, -0.15) is 0 Å². The molecular weight excluding hydrogens is 937 g/mol. The lowest BCUT2D eigenvalue weighted by atomic mass is 9.68. The van der Waals surface area contributed by atoms with Crippen molar-refractivity contribution in [3.63, 3.8) is 0 Å². The number of fused-ring (bicyclic) bond motifs is 22. The number of furan rings is 2. The third-order valence-corrected chi connectivity index (χ3v) is 16.8. The summed E-state index contributed by atoms with van der Waals surface area (Å²) in [6, 6.07) is 97.8. The highest BCUT2D eigenvalue weighted by molar-refractivity contribution is 6.14. The van der Waals surface area contributed by atoms with E-state index in [9.17, 15) is 0 Å². The first-order chi connectivity index (χ1) is 38.2. The fraction of sp³-hybridized carbons (Fsp3) is 0.0137. The summed E-state index contributed by atoms with van der Waals surface area (Å²) in [5, 5.41) is 11.8. The molecule has 0 aliphatic heterocycles. The van der Waals surface area contributed by atoms with Crippen molar-refractivity contribution in [3.8, 4) is 22.3 Å². The Morgan fingerprint density at radius 2 is 0.675 bits per heavy atom. The van der Waals surface area contributed by atoms with Gasteiger partial charge < -0.3 is 18.6 Å². The Balaban J connectivity index is 0.896. The van der Waals surface area contributed by atoms with Gasteiger partial charge in [0.25, 0.3) is 0 Å². The summed E-state index contributed by atoms with van der Waals surface area (Å²) in [6.07, 6.45) is 0. The molecule has 4 heteroatoms. The van der Waals surface area contributed by atoms with Gasteiger partial charge in [0.15, 0.2) is 0 Å². The van der Waals surface area contributed by atoms with E-state index in [1.165, 1.54) is 76.8 Å². The first-order valence-corrected chi connectivity index (χ1v) is 26.5. The molecule has 0 unspecified atom stereocenters. The molecule has 0 amide bonds. The summed E-state index contributed by atoms with van der Waals surface area (Å²) in [7, 11) is 0. The molecule has 2 aliphatic rings. The van der Waals surface area contributed by atoms with E-state index in [0.717, 1.165) is 78.0 Å². The van der Waals surface area contributed by atoms with Crippen molar-refractivity contribution in [1.29, 1.82) is 0 Å². The van der Waals surface area contributed by atoms with Crippen LogP contribution in [0.15, 0.2) is 276 Å². The number of hydrogen-bond donors (Lipinski definition) is 0. The van der Waals surface area contributed by atoms with E-state index in [2.05, 4.69) is 252 Å². The van der Waals surface area contributed by atoms with Crippen molar-refractivity contribution in [3.05, 3.63) is 289 Å². The zero-order valence-corrected chi connectivity index (χ0v) is 41.6. The van der Waals surface area contributed by atoms with Crippen LogP contribution in [0.2, 0.25) is 0 Å². The van der Waals surface area contributed by atoms with Crippen LogP contribution in [0.25, 0.3) is 98.4 Å². The summed E-state index contributed by atoms with van der Waals surface area (Å²) in [6.45, 7) is 0. The fourth-order valence-corrected chi connectivity index (χ4v) is 13.6. The number of rotatable bonds is 6. The molecule has 13 aromatic carbocycles. The van der Waals surface area contributed by atoms with Gasteiger partial charge in [-0.1, -0.05) is 170 Å². The minimum Gasteiger partial charge on any atom is -0.456 e. The lowest BCUT2D eigenvalue weighted by molar-refractivity contribution is 0.668. The van der Waals surface area contributed by atoms with Crippen LogP contribution < -0.4 is 9.80 Å². The molecular formula is C73H44N2O2. The van der Waals surface area contributed by atoms with Gasteiger partial charge in [-0.3, -0.25) is 0 Å². The second-order valence-corrected chi connectivity index (χ2v) is 20.7. The highest BCUT2D eigenvalue weighted by Crippen LogP contribution is 2.66. The average Bonchev–Trinajstić information content (AvgIpc) is 4.35. The molecule has 0 N–H and O–H groups in total. The van der Waals surface area contributed by atoms with Gasteiger partial charge in [-0.15, -0.1) is 0 Å². The van der Waals surface area contributed by atoms with Crippen molar-refractivity contribution < 1.29 is 8.83 Å². The summed E-state index contributed by atoms with van der Waals surface area (Å²) in [4.78, 5) is 4.71. The van der Waals surface area contributed by atoms with Crippen molar-refractivity contribution >= 4 is 110 Å². The summed E-state index contributed by atoms with van der Waals surface area (Å²) >= 11 is 0. The first kappa shape index (κ1) is 42.2. The predicted molar refractivity (Wildman–Crippen MR) is 319 cm³/mol. The van der Waals surface area contributed by atoms with Crippen molar-refractivity contribution in [1.82, 2.24) is 0 Å². The van der Waals surface area contributed by atoms with E-state index in [1.807, 2.05) is 24.3 Å². The Labute approximate surface area is 443 Å². The van der Waals surface area contributed by atoms with Gasteiger partial charge in [0, 0.05) is 67.8 Å². The molecule has 0 atom stereocenters. The molecule has 1 spiro atoms. The molecule has 0 bridgehead atoms. The van der Waals surface area contributed by atoms with Crippen LogP contribution >= 0.6 is 0 Å². The number of anilines is 6. The van der Waals surface area contributed by atoms with Crippen LogP contribution in [0.1, 0.15) is 22.3 Å². The Morgan fingerprint density at radius 1 is 0.247 bits per heavy atom. The first-order valence-electron chi connectivity index (χ1n) is 26.5. The lowest BCUT2D eigenvalue weighted by Gasteiger charge is -2.33. The van der Waals surface area contributed by atoms with Gasteiger partial charge in [-0.25, -0.2) is 0 Å². The molecule has 15 aromatic rings. The molecule has 358 valence electrons. The maximum atomic E-state index is 6.48. The number of hydrogen-bond acceptors (Lipinski definition) is 4. The SMILES string of the molecule is c1ccc(N(c2ccc3c4c(ccc3c2)-c2ccc3cc(N(c5ccccc5)c5ccc6c(c5)oc5ccccc56)ccc3c2C42c3ccccc3-c3c2ccc2ccccc32)c2ccc3c(c2)oc2ccccc23)cc1. The molecule has 2 aromatic heterocycles. The molecule has 77 heavy (non-hydrogen) atoms. The number of para-hydroxylation sites is 4. The second kappa shape index (κ2) is 15.9. The topological polar surface area (TPSA) is 32.8 Å². The third kappa shape index (κ3) is 5.92. The van der Waals surface area contributed by atoms with Gasteiger partial charge in [-0.05, 0) is 162 Å². The van der Waals surface area contributed by atoms with Crippen molar-refractivity contribution in [2.45, 2.75) is 5.41 Å². The predicted octanol–water partition coefficient (Wildman–Crippen LogP) is 20.2. The molecule has 4 nitrogen and oxygen atoms in total. The van der Waals surface area contributed by atoms with Gasteiger partial charge >= 0.3 is 0 Å². The summed E-state index contributed by atoms with van der Waals surface area (Å²) in [5.74, 6) is 0. The zero-order chi connectivity index (χ0) is 50.3. The largest absolute Gasteiger partial charge is 0.456 e. The fourth-order valence-electron chi connectivity index (χ4n) is 13.6. The van der Waals surface area contributed by atoms with Crippen LogP contribution in [0.5, 0.6) is 0 Å². The second-order valence-electron chi connectivity index (χ2n) is 20.7. The molecule has 2 aliphatic carbocycles.